The topological polar surface area (TPSA) is 30.5 Å². The maximum absolute atomic E-state index is 5.97. The predicted molar refractivity (Wildman–Crippen MR) is 79.9 cm³/mol. The summed E-state index contributed by atoms with van der Waals surface area (Å²) in [5, 5.41) is 3.33. The standard InChI is InChI=1S/C16H27NO2/c1-6-17-12-13-8-7-9-14(18-5)15(13)19-11-10-16(2,3)4/h7-9,17H,6,10-12H2,1-5H3. The van der Waals surface area contributed by atoms with Crippen LogP contribution in [0.3, 0.4) is 0 Å². The fourth-order valence-electron chi connectivity index (χ4n) is 1.74. The average Bonchev–Trinajstić information content (AvgIpc) is 2.35. The maximum Gasteiger partial charge on any atom is 0.165 e. The fraction of sp³-hybridized carbons (Fsp3) is 0.625. The second-order valence-corrected chi connectivity index (χ2v) is 5.89. The van der Waals surface area contributed by atoms with Gasteiger partial charge in [-0.2, -0.15) is 0 Å². The van der Waals surface area contributed by atoms with Crippen molar-refractivity contribution in [3.63, 3.8) is 0 Å². The van der Waals surface area contributed by atoms with Gasteiger partial charge >= 0.3 is 0 Å². The molecule has 1 aromatic carbocycles. The highest BCUT2D eigenvalue weighted by Gasteiger charge is 2.13. The maximum atomic E-state index is 5.97. The lowest BCUT2D eigenvalue weighted by molar-refractivity contribution is 0.232. The van der Waals surface area contributed by atoms with Crippen LogP contribution in [-0.4, -0.2) is 20.3 Å². The van der Waals surface area contributed by atoms with E-state index in [1.54, 1.807) is 7.11 Å². The van der Waals surface area contributed by atoms with Crippen LogP contribution in [0.1, 0.15) is 39.7 Å². The van der Waals surface area contributed by atoms with Crippen molar-refractivity contribution in [2.24, 2.45) is 5.41 Å². The largest absolute Gasteiger partial charge is 0.493 e. The molecule has 0 radical (unpaired) electrons. The fourth-order valence-corrected chi connectivity index (χ4v) is 1.74. The molecule has 108 valence electrons. The van der Waals surface area contributed by atoms with Crippen molar-refractivity contribution in [1.29, 1.82) is 0 Å². The van der Waals surface area contributed by atoms with Gasteiger partial charge in [0, 0.05) is 12.1 Å². The Balaban J connectivity index is 2.76. The van der Waals surface area contributed by atoms with Crippen LogP contribution in [0.4, 0.5) is 0 Å². The van der Waals surface area contributed by atoms with E-state index in [4.69, 9.17) is 9.47 Å². The zero-order valence-electron chi connectivity index (χ0n) is 12.9. The average molecular weight is 265 g/mol. The number of benzene rings is 1. The minimum atomic E-state index is 0.282. The number of para-hydroxylation sites is 1. The first-order chi connectivity index (χ1) is 8.98. The van der Waals surface area contributed by atoms with E-state index in [1.807, 2.05) is 12.1 Å². The van der Waals surface area contributed by atoms with Crippen molar-refractivity contribution < 1.29 is 9.47 Å². The highest BCUT2D eigenvalue weighted by Crippen LogP contribution is 2.32. The molecular weight excluding hydrogens is 238 g/mol. The lowest BCUT2D eigenvalue weighted by Crippen LogP contribution is -2.15. The summed E-state index contributed by atoms with van der Waals surface area (Å²) in [4.78, 5) is 0. The molecular formula is C16H27NO2. The number of ether oxygens (including phenoxy) is 2. The van der Waals surface area contributed by atoms with Gasteiger partial charge < -0.3 is 14.8 Å². The normalized spacial score (nSPS) is 11.4. The second kappa shape index (κ2) is 7.39. The molecule has 1 rings (SSSR count). The zero-order chi connectivity index (χ0) is 14.3. The van der Waals surface area contributed by atoms with Gasteiger partial charge in [-0.3, -0.25) is 0 Å². The van der Waals surface area contributed by atoms with Gasteiger partial charge in [-0.05, 0) is 24.4 Å². The molecule has 3 nitrogen and oxygen atoms in total. The SMILES string of the molecule is CCNCc1cccc(OC)c1OCCC(C)(C)C. The number of hydrogen-bond donors (Lipinski definition) is 1. The van der Waals surface area contributed by atoms with Gasteiger partial charge in [0.15, 0.2) is 11.5 Å². The smallest absolute Gasteiger partial charge is 0.165 e. The van der Waals surface area contributed by atoms with Crippen LogP contribution in [0.5, 0.6) is 11.5 Å². The first-order valence-electron chi connectivity index (χ1n) is 6.97. The molecule has 19 heavy (non-hydrogen) atoms. The minimum absolute atomic E-state index is 0.282. The van der Waals surface area contributed by atoms with Crippen LogP contribution in [0.15, 0.2) is 18.2 Å². The van der Waals surface area contributed by atoms with Crippen LogP contribution >= 0.6 is 0 Å². The third-order valence-electron chi connectivity index (χ3n) is 2.94. The van der Waals surface area contributed by atoms with Crippen LogP contribution in [0.25, 0.3) is 0 Å². The monoisotopic (exact) mass is 265 g/mol. The van der Waals surface area contributed by atoms with E-state index >= 15 is 0 Å². The Bertz CT molecular complexity index is 383. The molecule has 0 aromatic heterocycles. The van der Waals surface area contributed by atoms with Crippen LogP contribution in [0.2, 0.25) is 0 Å². The van der Waals surface area contributed by atoms with E-state index < -0.39 is 0 Å². The third-order valence-corrected chi connectivity index (χ3v) is 2.94. The van der Waals surface area contributed by atoms with Crippen LogP contribution < -0.4 is 14.8 Å². The number of hydrogen-bond acceptors (Lipinski definition) is 3. The number of nitrogens with one attached hydrogen (secondary N) is 1. The highest BCUT2D eigenvalue weighted by molar-refractivity contribution is 5.46. The van der Waals surface area contributed by atoms with Crippen LogP contribution in [-0.2, 0) is 6.54 Å². The van der Waals surface area contributed by atoms with E-state index in [9.17, 15) is 0 Å². The third kappa shape index (κ3) is 5.52. The van der Waals surface area contributed by atoms with Crippen molar-refractivity contribution in [3.05, 3.63) is 23.8 Å². The summed E-state index contributed by atoms with van der Waals surface area (Å²) >= 11 is 0. The van der Waals surface area contributed by atoms with E-state index in [2.05, 4.69) is 39.1 Å². The van der Waals surface area contributed by atoms with E-state index in [0.717, 1.165) is 36.6 Å². The Labute approximate surface area is 117 Å². The van der Waals surface area contributed by atoms with Gasteiger partial charge in [-0.15, -0.1) is 0 Å². The predicted octanol–water partition coefficient (Wildman–Crippen LogP) is 3.62. The summed E-state index contributed by atoms with van der Waals surface area (Å²) < 4.78 is 11.4. The quantitative estimate of drug-likeness (QED) is 0.817. The lowest BCUT2D eigenvalue weighted by Gasteiger charge is -2.20. The summed E-state index contributed by atoms with van der Waals surface area (Å²) in [6.45, 7) is 11.2. The van der Waals surface area contributed by atoms with Gasteiger partial charge in [0.2, 0.25) is 0 Å². The Hall–Kier alpha value is -1.22. The summed E-state index contributed by atoms with van der Waals surface area (Å²) in [6, 6.07) is 6.03. The van der Waals surface area contributed by atoms with Gasteiger partial charge in [0.1, 0.15) is 0 Å². The molecule has 0 spiro atoms. The van der Waals surface area contributed by atoms with Gasteiger partial charge in [0.05, 0.1) is 13.7 Å². The van der Waals surface area contributed by atoms with Crippen molar-refractivity contribution in [3.8, 4) is 11.5 Å². The van der Waals surface area contributed by atoms with Crippen molar-refractivity contribution in [2.45, 2.75) is 40.7 Å². The molecule has 0 aliphatic rings. The lowest BCUT2D eigenvalue weighted by atomic mass is 9.93. The molecule has 3 heteroatoms. The van der Waals surface area contributed by atoms with Crippen molar-refractivity contribution >= 4 is 0 Å². The summed E-state index contributed by atoms with van der Waals surface area (Å²) in [5.74, 6) is 1.68. The van der Waals surface area contributed by atoms with Crippen molar-refractivity contribution in [2.75, 3.05) is 20.3 Å². The molecule has 0 heterocycles. The number of rotatable bonds is 7. The molecule has 0 atom stereocenters. The zero-order valence-corrected chi connectivity index (χ0v) is 12.9. The molecule has 0 fully saturated rings. The van der Waals surface area contributed by atoms with Crippen LogP contribution in [0, 0.1) is 5.41 Å². The Morgan fingerprint density at radius 3 is 2.53 bits per heavy atom. The molecule has 0 bridgehead atoms. The van der Waals surface area contributed by atoms with E-state index in [0.29, 0.717) is 6.61 Å². The molecule has 0 amide bonds. The van der Waals surface area contributed by atoms with Gasteiger partial charge in [0.25, 0.3) is 0 Å². The summed E-state index contributed by atoms with van der Waals surface area (Å²) in [5.41, 5.74) is 1.43. The molecule has 1 aromatic rings. The van der Waals surface area contributed by atoms with Gasteiger partial charge in [-0.1, -0.05) is 39.8 Å². The van der Waals surface area contributed by atoms with E-state index in [1.165, 1.54) is 0 Å². The minimum Gasteiger partial charge on any atom is -0.493 e. The van der Waals surface area contributed by atoms with E-state index in [-0.39, 0.29) is 5.41 Å². The summed E-state index contributed by atoms with van der Waals surface area (Å²) in [7, 11) is 1.68. The number of methoxy groups -OCH3 is 1. The summed E-state index contributed by atoms with van der Waals surface area (Å²) in [6.07, 6.45) is 1.02. The Morgan fingerprint density at radius 1 is 1.21 bits per heavy atom. The van der Waals surface area contributed by atoms with Gasteiger partial charge in [-0.25, -0.2) is 0 Å². The molecule has 0 unspecified atom stereocenters. The molecule has 0 saturated carbocycles. The Kier molecular flexibility index (Phi) is 6.16. The molecule has 1 N–H and O–H groups in total. The second-order valence-electron chi connectivity index (χ2n) is 5.89. The molecule has 0 aliphatic heterocycles. The highest BCUT2D eigenvalue weighted by atomic mass is 16.5. The first kappa shape index (κ1) is 15.8. The molecule has 0 aliphatic carbocycles. The Morgan fingerprint density at radius 2 is 1.95 bits per heavy atom. The molecule has 0 saturated heterocycles. The first-order valence-corrected chi connectivity index (χ1v) is 6.97. The van der Waals surface area contributed by atoms with Crippen molar-refractivity contribution in [1.82, 2.24) is 5.32 Å².